The minimum atomic E-state index is -3.30. The number of carbonyl (C=O) groups is 1. The van der Waals surface area contributed by atoms with E-state index < -0.39 is 10.0 Å². The van der Waals surface area contributed by atoms with Gasteiger partial charge in [0.1, 0.15) is 0 Å². The summed E-state index contributed by atoms with van der Waals surface area (Å²) in [4.78, 5) is 14.5. The molecule has 24 heavy (non-hydrogen) atoms. The van der Waals surface area contributed by atoms with Crippen LogP contribution in [-0.2, 0) is 22.9 Å². The van der Waals surface area contributed by atoms with Crippen LogP contribution < -0.4 is 10.0 Å². The predicted octanol–water partition coefficient (Wildman–Crippen LogP) is 3.50. The zero-order chi connectivity index (χ0) is 17.3. The van der Waals surface area contributed by atoms with Crippen molar-refractivity contribution in [3.05, 3.63) is 45.6 Å². The number of carbonyl (C=O) groups excluding carboxylic acids is 1. The van der Waals surface area contributed by atoms with Gasteiger partial charge in [0.25, 0.3) is 5.91 Å². The fourth-order valence-electron chi connectivity index (χ4n) is 2.85. The highest BCUT2D eigenvalue weighted by atomic mass is 32.2. The number of rotatable bonds is 4. The van der Waals surface area contributed by atoms with Gasteiger partial charge in [-0.15, -0.1) is 11.3 Å². The maximum atomic E-state index is 12.4. The number of amides is 1. The molecule has 1 aliphatic carbocycles. The molecule has 1 aliphatic rings. The largest absolute Gasteiger partial charge is 0.321 e. The van der Waals surface area contributed by atoms with Gasteiger partial charge < -0.3 is 5.32 Å². The van der Waals surface area contributed by atoms with Crippen LogP contribution in [0.5, 0.6) is 0 Å². The lowest BCUT2D eigenvalue weighted by Gasteiger charge is -2.16. The molecule has 0 saturated heterocycles. The Morgan fingerprint density at radius 3 is 2.54 bits per heavy atom. The van der Waals surface area contributed by atoms with Crippen LogP contribution in [0.25, 0.3) is 0 Å². The zero-order valence-corrected chi connectivity index (χ0v) is 15.3. The molecule has 0 bridgehead atoms. The summed E-state index contributed by atoms with van der Waals surface area (Å²) < 4.78 is 24.8. The number of hydrogen-bond donors (Lipinski definition) is 2. The van der Waals surface area contributed by atoms with E-state index in [9.17, 15) is 13.2 Å². The zero-order valence-electron chi connectivity index (χ0n) is 13.6. The third-order valence-electron chi connectivity index (χ3n) is 4.00. The second kappa shape index (κ2) is 6.57. The fourth-order valence-corrected chi connectivity index (χ4v) is 4.51. The van der Waals surface area contributed by atoms with Gasteiger partial charge in [-0.2, -0.15) is 0 Å². The lowest BCUT2D eigenvalue weighted by molar-refractivity contribution is 0.103. The Bertz CT molecular complexity index is 854. The summed E-state index contributed by atoms with van der Waals surface area (Å²) in [5.41, 5.74) is 2.41. The van der Waals surface area contributed by atoms with Crippen molar-refractivity contribution in [1.82, 2.24) is 0 Å². The number of anilines is 2. The number of thiophene rings is 1. The maximum absolute atomic E-state index is 12.4. The third kappa shape index (κ3) is 4.15. The molecule has 1 aromatic carbocycles. The van der Waals surface area contributed by atoms with Crippen molar-refractivity contribution >= 4 is 38.6 Å². The van der Waals surface area contributed by atoms with E-state index in [1.165, 1.54) is 16.9 Å². The van der Waals surface area contributed by atoms with Crippen LogP contribution in [0, 0.1) is 5.92 Å². The molecule has 1 amide bonds. The van der Waals surface area contributed by atoms with E-state index in [4.69, 9.17) is 0 Å². The minimum Gasteiger partial charge on any atom is -0.321 e. The Kier molecular flexibility index (Phi) is 4.64. The molecular formula is C17H20N2O3S2. The summed E-state index contributed by atoms with van der Waals surface area (Å²) in [6, 6.07) is 8.61. The lowest BCUT2D eigenvalue weighted by atomic mass is 9.90. The van der Waals surface area contributed by atoms with Crippen LogP contribution >= 0.6 is 11.3 Å². The van der Waals surface area contributed by atoms with Crippen molar-refractivity contribution in [3.63, 3.8) is 0 Å². The number of hydrogen-bond acceptors (Lipinski definition) is 4. The van der Waals surface area contributed by atoms with Gasteiger partial charge in [0.15, 0.2) is 0 Å². The Morgan fingerprint density at radius 2 is 1.88 bits per heavy atom. The highest BCUT2D eigenvalue weighted by Gasteiger charge is 2.20. The van der Waals surface area contributed by atoms with Crippen molar-refractivity contribution in [2.24, 2.45) is 5.92 Å². The second-order valence-electron chi connectivity index (χ2n) is 6.31. The van der Waals surface area contributed by atoms with Gasteiger partial charge >= 0.3 is 0 Å². The van der Waals surface area contributed by atoms with Gasteiger partial charge in [-0.25, -0.2) is 8.42 Å². The Labute approximate surface area is 146 Å². The van der Waals surface area contributed by atoms with Crippen molar-refractivity contribution < 1.29 is 13.2 Å². The summed E-state index contributed by atoms with van der Waals surface area (Å²) in [5.74, 6) is 0.559. The summed E-state index contributed by atoms with van der Waals surface area (Å²) in [5, 5.41) is 2.86. The standard InChI is InChI=1S/C17H20N2O3S2/c1-11-3-8-15-12(9-11)10-16(23-15)17(20)18-13-4-6-14(7-5-13)19-24(2,21)22/h4-7,10-11,19H,3,8-9H2,1-2H3,(H,18,20). The molecule has 1 aromatic heterocycles. The number of benzene rings is 1. The number of sulfonamides is 1. The Balaban J connectivity index is 1.69. The summed E-state index contributed by atoms with van der Waals surface area (Å²) in [7, 11) is -3.30. The molecule has 1 heterocycles. The molecule has 7 heteroatoms. The molecule has 2 N–H and O–H groups in total. The topological polar surface area (TPSA) is 75.3 Å². The first-order valence-corrected chi connectivity index (χ1v) is 10.5. The molecule has 0 aliphatic heterocycles. The summed E-state index contributed by atoms with van der Waals surface area (Å²) >= 11 is 1.57. The predicted molar refractivity (Wildman–Crippen MR) is 98.4 cm³/mol. The van der Waals surface area contributed by atoms with Crippen molar-refractivity contribution in [2.75, 3.05) is 16.3 Å². The quantitative estimate of drug-likeness (QED) is 0.872. The van der Waals surface area contributed by atoms with Gasteiger partial charge in [0.05, 0.1) is 11.1 Å². The molecule has 0 spiro atoms. The van der Waals surface area contributed by atoms with Gasteiger partial charge in [-0.1, -0.05) is 6.92 Å². The molecule has 5 nitrogen and oxygen atoms in total. The lowest BCUT2D eigenvalue weighted by Crippen LogP contribution is -2.11. The molecule has 3 rings (SSSR count). The summed E-state index contributed by atoms with van der Waals surface area (Å²) in [6.07, 6.45) is 4.39. The van der Waals surface area contributed by atoms with E-state index in [1.807, 2.05) is 6.07 Å². The minimum absolute atomic E-state index is 0.120. The molecule has 128 valence electrons. The first kappa shape index (κ1) is 17.0. The van der Waals surface area contributed by atoms with Crippen LogP contribution in [0.2, 0.25) is 0 Å². The van der Waals surface area contributed by atoms with E-state index in [-0.39, 0.29) is 5.91 Å². The van der Waals surface area contributed by atoms with Crippen LogP contribution in [0.15, 0.2) is 30.3 Å². The fraction of sp³-hybridized carbons (Fsp3) is 0.353. The number of fused-ring (bicyclic) bond motifs is 1. The van der Waals surface area contributed by atoms with Crippen LogP contribution in [0.1, 0.15) is 33.5 Å². The molecular weight excluding hydrogens is 344 g/mol. The van der Waals surface area contributed by atoms with Crippen LogP contribution in [0.3, 0.4) is 0 Å². The van der Waals surface area contributed by atoms with E-state index in [0.717, 1.165) is 24.0 Å². The SMILES string of the molecule is CC1CCc2sc(C(=O)Nc3ccc(NS(C)(=O)=O)cc3)cc2C1. The Hall–Kier alpha value is -1.86. The first-order valence-electron chi connectivity index (χ1n) is 7.81. The third-order valence-corrected chi connectivity index (χ3v) is 5.84. The molecule has 0 saturated carbocycles. The average Bonchev–Trinajstić information content (AvgIpc) is 2.91. The Morgan fingerprint density at radius 1 is 1.21 bits per heavy atom. The van der Waals surface area contributed by atoms with E-state index in [1.54, 1.807) is 35.6 Å². The van der Waals surface area contributed by atoms with Crippen LogP contribution in [-0.4, -0.2) is 20.6 Å². The van der Waals surface area contributed by atoms with Gasteiger partial charge in [-0.05, 0) is 61.1 Å². The molecule has 2 aromatic rings. The molecule has 0 fully saturated rings. The van der Waals surface area contributed by atoms with Gasteiger partial charge in [-0.3, -0.25) is 9.52 Å². The van der Waals surface area contributed by atoms with Crippen molar-refractivity contribution in [2.45, 2.75) is 26.2 Å². The summed E-state index contributed by atoms with van der Waals surface area (Å²) in [6.45, 7) is 2.24. The highest BCUT2D eigenvalue weighted by Crippen LogP contribution is 2.32. The van der Waals surface area contributed by atoms with Gasteiger partial charge in [0, 0.05) is 16.3 Å². The number of nitrogens with one attached hydrogen (secondary N) is 2. The van der Waals surface area contributed by atoms with Crippen molar-refractivity contribution in [3.8, 4) is 0 Å². The van der Waals surface area contributed by atoms with Gasteiger partial charge in [0.2, 0.25) is 10.0 Å². The number of aryl methyl sites for hydroxylation is 1. The van der Waals surface area contributed by atoms with Crippen molar-refractivity contribution in [1.29, 1.82) is 0 Å². The molecule has 0 radical (unpaired) electrons. The van der Waals surface area contributed by atoms with E-state index in [2.05, 4.69) is 17.0 Å². The maximum Gasteiger partial charge on any atom is 0.265 e. The smallest absolute Gasteiger partial charge is 0.265 e. The van der Waals surface area contributed by atoms with E-state index in [0.29, 0.717) is 17.3 Å². The average molecular weight is 364 g/mol. The van der Waals surface area contributed by atoms with Crippen LogP contribution in [0.4, 0.5) is 11.4 Å². The van der Waals surface area contributed by atoms with E-state index >= 15 is 0 Å². The first-order chi connectivity index (χ1) is 11.3. The second-order valence-corrected chi connectivity index (χ2v) is 9.20. The molecule has 1 unspecified atom stereocenters. The normalized spacial score (nSPS) is 17.2. The monoisotopic (exact) mass is 364 g/mol. The molecule has 1 atom stereocenters. The highest BCUT2D eigenvalue weighted by molar-refractivity contribution is 7.92.